The first kappa shape index (κ1) is 26.5. The van der Waals surface area contributed by atoms with E-state index in [4.69, 9.17) is 37.4 Å². The second-order valence-corrected chi connectivity index (χ2v) is 8.20. The molecule has 1 aromatic carbocycles. The van der Waals surface area contributed by atoms with Gasteiger partial charge < -0.3 is 24.8 Å². The van der Waals surface area contributed by atoms with E-state index in [1.54, 1.807) is 50.6 Å². The Hall–Kier alpha value is -3.14. The molecular formula is C24H26Cl2N4O5. The molecule has 2 N–H and O–H groups in total. The standard InChI is InChI=1S/C24H26Cl2N4O5/c1-4-35-24(32)21-17(13-34-11-10-29-18-12-27-8-9-28-18)30-14(2)19(23(31)33-3)20(21)15-6-5-7-16(25)22(15)26/h5-9,12,20,30H,4,10-11,13H2,1-3H3,(H,28,29). The van der Waals surface area contributed by atoms with Crippen molar-refractivity contribution in [2.24, 2.45) is 0 Å². The van der Waals surface area contributed by atoms with Crippen LogP contribution in [0.4, 0.5) is 5.82 Å². The minimum Gasteiger partial charge on any atom is -0.466 e. The zero-order valence-electron chi connectivity index (χ0n) is 19.6. The van der Waals surface area contributed by atoms with Crippen molar-refractivity contribution in [1.29, 1.82) is 0 Å². The highest BCUT2D eigenvalue weighted by Gasteiger charge is 2.40. The van der Waals surface area contributed by atoms with Crippen LogP contribution in [0.2, 0.25) is 10.0 Å². The molecule has 0 saturated carbocycles. The van der Waals surface area contributed by atoms with Gasteiger partial charge in [-0.15, -0.1) is 0 Å². The number of nitrogens with one attached hydrogen (secondary N) is 2. The maximum atomic E-state index is 13.2. The Morgan fingerprint density at radius 3 is 2.66 bits per heavy atom. The molecular weight excluding hydrogens is 495 g/mol. The molecule has 11 heteroatoms. The number of anilines is 1. The number of esters is 2. The van der Waals surface area contributed by atoms with Crippen molar-refractivity contribution in [3.05, 3.63) is 74.9 Å². The molecule has 1 aliphatic heterocycles. The average molecular weight is 521 g/mol. The summed E-state index contributed by atoms with van der Waals surface area (Å²) in [6.45, 7) is 4.39. The summed E-state index contributed by atoms with van der Waals surface area (Å²) in [5.41, 5.74) is 1.86. The molecule has 1 aliphatic rings. The number of ether oxygens (including phenoxy) is 3. The maximum absolute atomic E-state index is 13.2. The summed E-state index contributed by atoms with van der Waals surface area (Å²) in [4.78, 5) is 34.1. The van der Waals surface area contributed by atoms with Crippen molar-refractivity contribution in [2.45, 2.75) is 19.8 Å². The van der Waals surface area contributed by atoms with Crippen LogP contribution in [0.5, 0.6) is 0 Å². The number of carbonyl (C=O) groups excluding carboxylic acids is 2. The lowest BCUT2D eigenvalue weighted by Crippen LogP contribution is -2.35. The van der Waals surface area contributed by atoms with Gasteiger partial charge in [0.2, 0.25) is 0 Å². The quantitative estimate of drug-likeness (QED) is 0.356. The van der Waals surface area contributed by atoms with Gasteiger partial charge in [0.25, 0.3) is 0 Å². The van der Waals surface area contributed by atoms with Crippen LogP contribution in [-0.4, -0.2) is 55.4 Å². The highest BCUT2D eigenvalue weighted by atomic mass is 35.5. The predicted octanol–water partition coefficient (Wildman–Crippen LogP) is 3.86. The molecule has 1 aromatic heterocycles. The summed E-state index contributed by atoms with van der Waals surface area (Å²) in [5, 5.41) is 6.74. The maximum Gasteiger partial charge on any atom is 0.336 e. The largest absolute Gasteiger partial charge is 0.466 e. The van der Waals surface area contributed by atoms with Crippen LogP contribution >= 0.6 is 23.2 Å². The molecule has 0 bridgehead atoms. The van der Waals surface area contributed by atoms with E-state index in [0.717, 1.165) is 0 Å². The number of allylic oxidation sites excluding steroid dienone is 1. The molecule has 1 unspecified atom stereocenters. The Morgan fingerprint density at radius 2 is 1.97 bits per heavy atom. The fourth-order valence-electron chi connectivity index (χ4n) is 3.71. The van der Waals surface area contributed by atoms with E-state index >= 15 is 0 Å². The van der Waals surface area contributed by atoms with Gasteiger partial charge in [0.05, 0.1) is 65.9 Å². The molecule has 9 nitrogen and oxygen atoms in total. The first-order chi connectivity index (χ1) is 16.9. The van der Waals surface area contributed by atoms with Gasteiger partial charge >= 0.3 is 11.9 Å². The predicted molar refractivity (Wildman–Crippen MR) is 132 cm³/mol. The van der Waals surface area contributed by atoms with Crippen molar-refractivity contribution in [1.82, 2.24) is 15.3 Å². The van der Waals surface area contributed by atoms with Gasteiger partial charge in [0.15, 0.2) is 0 Å². The molecule has 186 valence electrons. The van der Waals surface area contributed by atoms with Gasteiger partial charge in [0, 0.05) is 24.6 Å². The Morgan fingerprint density at radius 1 is 1.17 bits per heavy atom. The van der Waals surface area contributed by atoms with Gasteiger partial charge in [-0.3, -0.25) is 4.98 Å². The fraction of sp³-hybridized carbons (Fsp3) is 0.333. The van der Waals surface area contributed by atoms with Gasteiger partial charge in [0.1, 0.15) is 5.82 Å². The number of benzene rings is 1. The fourth-order valence-corrected chi connectivity index (χ4v) is 4.13. The summed E-state index contributed by atoms with van der Waals surface area (Å²) >= 11 is 12.8. The number of methoxy groups -OCH3 is 1. The van der Waals surface area contributed by atoms with E-state index in [-0.39, 0.29) is 29.4 Å². The monoisotopic (exact) mass is 520 g/mol. The van der Waals surface area contributed by atoms with Crippen molar-refractivity contribution < 1.29 is 23.8 Å². The second kappa shape index (κ2) is 12.5. The highest BCUT2D eigenvalue weighted by molar-refractivity contribution is 6.42. The van der Waals surface area contributed by atoms with Crippen molar-refractivity contribution in [3.8, 4) is 0 Å². The number of nitrogens with zero attached hydrogens (tertiary/aromatic N) is 2. The van der Waals surface area contributed by atoms with E-state index in [0.29, 0.717) is 40.9 Å². The van der Waals surface area contributed by atoms with Crippen LogP contribution in [0.25, 0.3) is 0 Å². The first-order valence-electron chi connectivity index (χ1n) is 10.9. The normalized spacial score (nSPS) is 15.5. The van der Waals surface area contributed by atoms with Crippen molar-refractivity contribution in [2.75, 3.05) is 38.8 Å². The van der Waals surface area contributed by atoms with E-state index in [1.165, 1.54) is 7.11 Å². The second-order valence-electron chi connectivity index (χ2n) is 7.41. The molecule has 2 heterocycles. The van der Waals surface area contributed by atoms with Crippen molar-refractivity contribution >= 4 is 41.0 Å². The lowest BCUT2D eigenvalue weighted by molar-refractivity contribution is -0.139. The number of dihydropyridines is 1. The number of halogens is 2. The third-order valence-corrected chi connectivity index (χ3v) is 6.03. The molecule has 0 amide bonds. The SMILES string of the molecule is CCOC(=O)C1=C(COCCNc2cnccn2)NC(C)=C(C(=O)OC)C1c1cccc(Cl)c1Cl. The Balaban J connectivity index is 1.94. The van der Waals surface area contributed by atoms with E-state index in [1.807, 2.05) is 0 Å². The van der Waals surface area contributed by atoms with E-state index < -0.39 is 17.9 Å². The lowest BCUT2D eigenvalue weighted by Gasteiger charge is -2.31. The summed E-state index contributed by atoms with van der Waals surface area (Å²) < 4.78 is 16.2. The van der Waals surface area contributed by atoms with Gasteiger partial charge in [-0.1, -0.05) is 35.3 Å². The molecule has 0 radical (unpaired) electrons. The summed E-state index contributed by atoms with van der Waals surface area (Å²) in [6, 6.07) is 5.04. The smallest absolute Gasteiger partial charge is 0.336 e. The van der Waals surface area contributed by atoms with Crippen LogP contribution in [0.1, 0.15) is 25.3 Å². The minimum atomic E-state index is -0.870. The average Bonchev–Trinajstić information content (AvgIpc) is 2.85. The minimum absolute atomic E-state index is 0.0524. The number of hydrogen-bond acceptors (Lipinski definition) is 9. The lowest BCUT2D eigenvalue weighted by atomic mass is 9.80. The molecule has 0 fully saturated rings. The number of aromatic nitrogens is 2. The Bertz CT molecular complexity index is 1140. The van der Waals surface area contributed by atoms with Crippen LogP contribution in [0.15, 0.2) is 59.3 Å². The zero-order valence-corrected chi connectivity index (χ0v) is 21.1. The van der Waals surface area contributed by atoms with Crippen LogP contribution in [-0.2, 0) is 23.8 Å². The molecule has 0 aliphatic carbocycles. The number of rotatable bonds is 10. The number of carbonyl (C=O) groups is 2. The van der Waals surface area contributed by atoms with E-state index in [2.05, 4.69) is 20.6 Å². The summed E-state index contributed by atoms with van der Waals surface area (Å²) in [7, 11) is 1.27. The third kappa shape index (κ3) is 6.30. The molecule has 3 rings (SSSR count). The van der Waals surface area contributed by atoms with Gasteiger partial charge in [-0.2, -0.15) is 0 Å². The van der Waals surface area contributed by atoms with Gasteiger partial charge in [-0.25, -0.2) is 14.6 Å². The van der Waals surface area contributed by atoms with Gasteiger partial charge in [-0.05, 0) is 25.5 Å². The van der Waals surface area contributed by atoms with Crippen LogP contribution < -0.4 is 10.6 Å². The summed E-state index contributed by atoms with van der Waals surface area (Å²) in [6.07, 6.45) is 4.77. The number of hydrogen-bond donors (Lipinski definition) is 2. The van der Waals surface area contributed by atoms with E-state index in [9.17, 15) is 9.59 Å². The third-order valence-electron chi connectivity index (χ3n) is 5.20. The molecule has 0 spiro atoms. The molecule has 1 atom stereocenters. The molecule has 2 aromatic rings. The zero-order chi connectivity index (χ0) is 25.4. The first-order valence-corrected chi connectivity index (χ1v) is 11.6. The van der Waals surface area contributed by atoms with Crippen LogP contribution in [0, 0.1) is 0 Å². The molecule has 35 heavy (non-hydrogen) atoms. The topological polar surface area (TPSA) is 112 Å². The Labute approximate surface area is 213 Å². The van der Waals surface area contributed by atoms with Crippen LogP contribution in [0.3, 0.4) is 0 Å². The van der Waals surface area contributed by atoms with Crippen molar-refractivity contribution in [3.63, 3.8) is 0 Å². The summed E-state index contributed by atoms with van der Waals surface area (Å²) in [5.74, 6) is -1.46. The highest BCUT2D eigenvalue weighted by Crippen LogP contribution is 2.43. The Kier molecular flexibility index (Phi) is 9.47. The molecule has 0 saturated heterocycles.